The largest absolute Gasteiger partial charge is 0.573 e. The smallest absolute Gasteiger partial charge is 0.406 e. The molecule has 1 aliphatic rings. The first kappa shape index (κ1) is 15.1. The van der Waals surface area contributed by atoms with Crippen LogP contribution in [0, 0.1) is 0 Å². The lowest BCUT2D eigenvalue weighted by molar-refractivity contribution is -0.274. The highest BCUT2D eigenvalue weighted by atomic mass is 19.4. The molecule has 0 unspecified atom stereocenters. The summed E-state index contributed by atoms with van der Waals surface area (Å²) in [7, 11) is 0. The van der Waals surface area contributed by atoms with Crippen LogP contribution in [-0.4, -0.2) is 35.8 Å². The van der Waals surface area contributed by atoms with Gasteiger partial charge in [-0.15, -0.1) is 13.2 Å². The maximum atomic E-state index is 12.1. The Labute approximate surface area is 118 Å². The van der Waals surface area contributed by atoms with Gasteiger partial charge in [0.2, 0.25) is 0 Å². The average Bonchev–Trinajstić information content (AvgIpc) is 2.64. The first-order chi connectivity index (χ1) is 9.69. The number of alkyl halides is 3. The van der Waals surface area contributed by atoms with E-state index in [0.29, 0.717) is 0 Å². The number of benzene rings is 1. The zero-order chi connectivity index (χ0) is 15.8. The number of amides is 3. The van der Waals surface area contributed by atoms with Gasteiger partial charge < -0.3 is 9.64 Å². The monoisotopic (exact) mass is 302 g/mol. The van der Waals surface area contributed by atoms with Crippen molar-refractivity contribution in [2.24, 2.45) is 0 Å². The zero-order valence-electron chi connectivity index (χ0n) is 11.3. The molecule has 1 aromatic carbocycles. The number of ether oxygens (including phenoxy) is 1. The molecule has 0 N–H and O–H groups in total. The standard InChI is InChI=1S/C13H13F3N2O3/c1-8(2)17-7-11(19)18(12(17)20)9-3-5-10(6-4-9)21-13(14,15)16/h3-6,8H,7H2,1-2H3. The summed E-state index contributed by atoms with van der Waals surface area (Å²) in [6.45, 7) is 3.50. The van der Waals surface area contributed by atoms with E-state index in [0.717, 1.165) is 17.0 Å². The number of urea groups is 1. The summed E-state index contributed by atoms with van der Waals surface area (Å²) >= 11 is 0. The number of imide groups is 1. The van der Waals surface area contributed by atoms with Gasteiger partial charge in [-0.2, -0.15) is 0 Å². The van der Waals surface area contributed by atoms with Gasteiger partial charge in [-0.25, -0.2) is 9.69 Å². The molecule has 0 spiro atoms. The van der Waals surface area contributed by atoms with Crippen LogP contribution in [0.5, 0.6) is 5.75 Å². The summed E-state index contributed by atoms with van der Waals surface area (Å²) < 4.78 is 39.9. The third-order valence-electron chi connectivity index (χ3n) is 2.94. The molecule has 0 atom stereocenters. The lowest BCUT2D eigenvalue weighted by Crippen LogP contribution is -2.36. The van der Waals surface area contributed by atoms with Crippen molar-refractivity contribution in [2.75, 3.05) is 11.4 Å². The molecular formula is C13H13F3N2O3. The highest BCUT2D eigenvalue weighted by molar-refractivity contribution is 6.19. The first-order valence-corrected chi connectivity index (χ1v) is 6.18. The molecule has 5 nitrogen and oxygen atoms in total. The molecule has 8 heteroatoms. The van der Waals surface area contributed by atoms with Crippen molar-refractivity contribution in [3.05, 3.63) is 24.3 Å². The van der Waals surface area contributed by atoms with E-state index in [2.05, 4.69) is 4.74 Å². The van der Waals surface area contributed by atoms with E-state index >= 15 is 0 Å². The van der Waals surface area contributed by atoms with Crippen molar-refractivity contribution in [1.82, 2.24) is 4.90 Å². The van der Waals surface area contributed by atoms with Crippen LogP contribution in [0.25, 0.3) is 0 Å². The summed E-state index contributed by atoms with van der Waals surface area (Å²) in [4.78, 5) is 26.3. The molecule has 1 heterocycles. The predicted molar refractivity (Wildman–Crippen MR) is 67.8 cm³/mol. The van der Waals surface area contributed by atoms with Crippen molar-refractivity contribution >= 4 is 17.6 Å². The molecule has 1 fully saturated rings. The maximum absolute atomic E-state index is 12.1. The second kappa shape index (κ2) is 5.27. The Morgan fingerprint density at radius 2 is 1.71 bits per heavy atom. The molecule has 0 aromatic heterocycles. The van der Waals surface area contributed by atoms with Crippen LogP contribution in [0.15, 0.2) is 24.3 Å². The number of hydrogen-bond donors (Lipinski definition) is 0. The van der Waals surface area contributed by atoms with Crippen molar-refractivity contribution in [3.8, 4) is 5.75 Å². The molecule has 21 heavy (non-hydrogen) atoms. The van der Waals surface area contributed by atoms with Gasteiger partial charge in [0.05, 0.1) is 5.69 Å². The second-order valence-electron chi connectivity index (χ2n) is 4.78. The first-order valence-electron chi connectivity index (χ1n) is 6.18. The molecule has 0 bridgehead atoms. The van der Waals surface area contributed by atoms with Gasteiger partial charge in [-0.05, 0) is 38.1 Å². The number of hydrogen-bond acceptors (Lipinski definition) is 3. The van der Waals surface area contributed by atoms with Crippen molar-refractivity contribution in [2.45, 2.75) is 26.3 Å². The maximum Gasteiger partial charge on any atom is 0.573 e. The third kappa shape index (κ3) is 3.26. The molecule has 1 aromatic rings. The van der Waals surface area contributed by atoms with Gasteiger partial charge in [-0.3, -0.25) is 4.79 Å². The van der Waals surface area contributed by atoms with E-state index in [1.807, 2.05) is 0 Å². The predicted octanol–water partition coefficient (Wildman–Crippen LogP) is 2.76. The van der Waals surface area contributed by atoms with Crippen LogP contribution in [0.4, 0.5) is 23.7 Å². The van der Waals surface area contributed by atoms with Crippen LogP contribution < -0.4 is 9.64 Å². The number of nitrogens with zero attached hydrogens (tertiary/aromatic N) is 2. The van der Waals surface area contributed by atoms with E-state index < -0.39 is 24.1 Å². The Hall–Kier alpha value is -2.25. The van der Waals surface area contributed by atoms with Crippen molar-refractivity contribution < 1.29 is 27.5 Å². The van der Waals surface area contributed by atoms with E-state index in [-0.39, 0.29) is 18.3 Å². The number of halogens is 3. The molecule has 0 radical (unpaired) electrons. The summed E-state index contributed by atoms with van der Waals surface area (Å²) in [5.74, 6) is -0.829. The minimum atomic E-state index is -4.78. The van der Waals surface area contributed by atoms with Gasteiger partial charge in [0.15, 0.2) is 0 Å². The number of anilines is 1. The van der Waals surface area contributed by atoms with Crippen molar-refractivity contribution in [3.63, 3.8) is 0 Å². The summed E-state index contributed by atoms with van der Waals surface area (Å²) in [6.07, 6.45) is -4.78. The van der Waals surface area contributed by atoms with E-state index in [1.54, 1.807) is 13.8 Å². The van der Waals surface area contributed by atoms with Gasteiger partial charge >= 0.3 is 12.4 Å². The minimum Gasteiger partial charge on any atom is -0.406 e. The molecule has 0 aliphatic carbocycles. The SMILES string of the molecule is CC(C)N1CC(=O)N(c2ccc(OC(F)(F)F)cc2)C1=O. The number of carbonyl (C=O) groups is 2. The Morgan fingerprint density at radius 1 is 1.14 bits per heavy atom. The Morgan fingerprint density at radius 3 is 2.14 bits per heavy atom. The van der Waals surface area contributed by atoms with Crippen LogP contribution in [0.2, 0.25) is 0 Å². The molecule has 114 valence electrons. The fourth-order valence-corrected chi connectivity index (χ4v) is 1.97. The molecule has 2 rings (SSSR count). The fourth-order valence-electron chi connectivity index (χ4n) is 1.97. The molecular weight excluding hydrogens is 289 g/mol. The van der Waals surface area contributed by atoms with Crippen LogP contribution in [0.1, 0.15) is 13.8 Å². The Balaban J connectivity index is 2.19. The fraction of sp³-hybridized carbons (Fsp3) is 0.385. The number of rotatable bonds is 3. The van der Waals surface area contributed by atoms with Crippen LogP contribution >= 0.6 is 0 Å². The molecule has 1 aliphatic heterocycles. The van der Waals surface area contributed by atoms with Gasteiger partial charge in [-0.1, -0.05) is 0 Å². The zero-order valence-corrected chi connectivity index (χ0v) is 11.3. The van der Waals surface area contributed by atoms with E-state index in [1.165, 1.54) is 17.0 Å². The van der Waals surface area contributed by atoms with Crippen LogP contribution in [0.3, 0.4) is 0 Å². The topological polar surface area (TPSA) is 49.9 Å². The average molecular weight is 302 g/mol. The summed E-state index contributed by atoms with van der Waals surface area (Å²) in [5, 5.41) is 0. The molecule has 0 saturated carbocycles. The second-order valence-corrected chi connectivity index (χ2v) is 4.78. The lowest BCUT2D eigenvalue weighted by atomic mass is 10.3. The lowest BCUT2D eigenvalue weighted by Gasteiger charge is -2.20. The Kier molecular flexibility index (Phi) is 3.80. The Bertz CT molecular complexity index is 555. The quantitative estimate of drug-likeness (QED) is 0.807. The normalized spacial score (nSPS) is 16.1. The van der Waals surface area contributed by atoms with Crippen LogP contribution in [-0.2, 0) is 4.79 Å². The van der Waals surface area contributed by atoms with Gasteiger partial charge in [0, 0.05) is 6.04 Å². The minimum absolute atomic E-state index is 0.0443. The van der Waals surface area contributed by atoms with Crippen molar-refractivity contribution in [1.29, 1.82) is 0 Å². The molecule has 1 saturated heterocycles. The number of carbonyl (C=O) groups excluding carboxylic acids is 2. The highest BCUT2D eigenvalue weighted by Crippen LogP contribution is 2.27. The third-order valence-corrected chi connectivity index (χ3v) is 2.94. The van der Waals surface area contributed by atoms with E-state index in [4.69, 9.17) is 0 Å². The molecule has 3 amide bonds. The summed E-state index contributed by atoms with van der Waals surface area (Å²) in [5.41, 5.74) is 0.211. The van der Waals surface area contributed by atoms with Gasteiger partial charge in [0.1, 0.15) is 12.3 Å². The summed E-state index contributed by atoms with van der Waals surface area (Å²) in [6, 6.07) is 3.96. The highest BCUT2D eigenvalue weighted by Gasteiger charge is 2.38. The van der Waals surface area contributed by atoms with E-state index in [9.17, 15) is 22.8 Å². The van der Waals surface area contributed by atoms with Gasteiger partial charge in [0.25, 0.3) is 5.91 Å².